The van der Waals surface area contributed by atoms with Gasteiger partial charge in [0.15, 0.2) is 5.82 Å². The summed E-state index contributed by atoms with van der Waals surface area (Å²) in [7, 11) is -3.88. The van der Waals surface area contributed by atoms with Crippen molar-refractivity contribution in [3.63, 3.8) is 0 Å². The molecule has 1 unspecified atom stereocenters. The van der Waals surface area contributed by atoms with Crippen molar-refractivity contribution < 1.29 is 22.0 Å². The minimum Gasteiger partial charge on any atom is -0.345 e. The summed E-state index contributed by atoms with van der Waals surface area (Å²) >= 11 is 0. The summed E-state index contributed by atoms with van der Waals surface area (Å²) in [5.74, 6) is -4.40. The molecule has 0 bridgehead atoms. The second kappa shape index (κ2) is 10.1. The second-order valence-electron chi connectivity index (χ2n) is 7.58. The lowest BCUT2D eigenvalue weighted by molar-refractivity contribution is 0.103. The number of hydrogen-bond acceptors (Lipinski definition) is 9. The lowest BCUT2D eigenvalue weighted by Crippen LogP contribution is -2.18. The number of aromatic amines is 2. The van der Waals surface area contributed by atoms with Crippen LogP contribution in [-0.2, 0) is 10.0 Å². The third-order valence-electron chi connectivity index (χ3n) is 5.10. The Morgan fingerprint density at radius 3 is 2.83 bits per heavy atom. The normalized spacial score (nSPS) is 12.8. The Hall–Kier alpha value is -4.40. The summed E-state index contributed by atoms with van der Waals surface area (Å²) < 4.78 is 56.0. The van der Waals surface area contributed by atoms with Gasteiger partial charge in [-0.1, -0.05) is 12.0 Å². The summed E-state index contributed by atoms with van der Waals surface area (Å²) in [4.78, 5) is 24.2. The van der Waals surface area contributed by atoms with Crippen molar-refractivity contribution in [2.45, 2.75) is 19.3 Å². The van der Waals surface area contributed by atoms with E-state index >= 15 is 4.39 Å². The smallest absolute Gasteiger partial charge is 0.288 e. The molecule has 36 heavy (non-hydrogen) atoms. The van der Waals surface area contributed by atoms with Gasteiger partial charge in [-0.15, -0.1) is 5.10 Å². The van der Waals surface area contributed by atoms with Gasteiger partial charge in [-0.25, -0.2) is 27.2 Å². The molecular weight excluding hydrogens is 496 g/mol. The number of aliphatic imine (C=N–C) groups is 1. The van der Waals surface area contributed by atoms with Crippen molar-refractivity contribution in [2.75, 3.05) is 10.5 Å². The fraction of sp³-hybridized carbons (Fsp3) is 0.190. The topological polar surface area (TPSA) is 183 Å². The largest absolute Gasteiger partial charge is 0.345 e. The minimum absolute atomic E-state index is 0.0498. The first-order valence-corrected chi connectivity index (χ1v) is 12.2. The van der Waals surface area contributed by atoms with E-state index in [1.165, 1.54) is 24.7 Å². The summed E-state index contributed by atoms with van der Waals surface area (Å²) in [5, 5.41) is 21.0. The number of ketones is 1. The number of aromatic nitrogens is 6. The van der Waals surface area contributed by atoms with Crippen LogP contribution in [0.3, 0.4) is 0 Å². The van der Waals surface area contributed by atoms with Gasteiger partial charge in [0, 0.05) is 35.8 Å². The van der Waals surface area contributed by atoms with Gasteiger partial charge in [0.05, 0.1) is 22.9 Å². The Morgan fingerprint density at radius 2 is 2.14 bits per heavy atom. The second-order valence-corrected chi connectivity index (χ2v) is 9.43. The third kappa shape index (κ3) is 5.00. The predicted octanol–water partition coefficient (Wildman–Crippen LogP) is 2.87. The predicted molar refractivity (Wildman–Crippen MR) is 127 cm³/mol. The first-order valence-electron chi connectivity index (χ1n) is 10.5. The highest BCUT2D eigenvalue weighted by atomic mass is 32.2. The van der Waals surface area contributed by atoms with Gasteiger partial charge < -0.3 is 10.4 Å². The van der Waals surface area contributed by atoms with E-state index in [9.17, 15) is 17.6 Å². The van der Waals surface area contributed by atoms with Gasteiger partial charge in [-0.3, -0.25) is 9.52 Å². The number of rotatable bonds is 10. The molecule has 4 rings (SSSR count). The fourth-order valence-corrected chi connectivity index (χ4v) is 4.57. The molecule has 0 aliphatic heterocycles. The molecule has 4 N–H and O–H groups in total. The van der Waals surface area contributed by atoms with E-state index in [4.69, 9.17) is 5.41 Å². The lowest BCUT2D eigenvalue weighted by atomic mass is 9.98. The van der Waals surface area contributed by atoms with Crippen LogP contribution in [0.5, 0.6) is 0 Å². The molecule has 1 aromatic carbocycles. The monoisotopic (exact) mass is 515 g/mol. The summed E-state index contributed by atoms with van der Waals surface area (Å²) in [6.45, 7) is 1.63. The van der Waals surface area contributed by atoms with Crippen LogP contribution in [0, 0.1) is 17.0 Å². The first-order chi connectivity index (χ1) is 17.2. The number of nitrogens with zero attached hydrogens (tertiary/aromatic N) is 5. The molecule has 12 nitrogen and oxygen atoms in total. The van der Waals surface area contributed by atoms with Gasteiger partial charge in [0.1, 0.15) is 11.5 Å². The Morgan fingerprint density at radius 1 is 1.33 bits per heavy atom. The van der Waals surface area contributed by atoms with E-state index in [2.05, 4.69) is 40.3 Å². The van der Waals surface area contributed by atoms with Crippen molar-refractivity contribution in [2.24, 2.45) is 4.99 Å². The number of pyridine rings is 1. The van der Waals surface area contributed by atoms with Crippen LogP contribution in [0.15, 0.2) is 35.6 Å². The van der Waals surface area contributed by atoms with Crippen LogP contribution in [0.25, 0.3) is 11.0 Å². The number of benzene rings is 1. The van der Waals surface area contributed by atoms with E-state index in [-0.39, 0.29) is 34.7 Å². The van der Waals surface area contributed by atoms with Crippen LogP contribution in [0.4, 0.5) is 20.4 Å². The highest BCUT2D eigenvalue weighted by Crippen LogP contribution is 2.28. The average Bonchev–Trinajstić information content (AvgIpc) is 3.51. The number of anilines is 1. The molecular formula is C21H19F2N9O3S. The Bertz CT molecular complexity index is 1570. The maximum absolute atomic E-state index is 15.2. The number of H-pyrrole nitrogens is 2. The molecule has 0 spiro atoms. The van der Waals surface area contributed by atoms with Crippen LogP contribution in [0.1, 0.15) is 40.7 Å². The number of sulfonamides is 1. The van der Waals surface area contributed by atoms with Gasteiger partial charge in [-0.2, -0.15) is 5.21 Å². The van der Waals surface area contributed by atoms with Crippen molar-refractivity contribution in [3.8, 4) is 0 Å². The maximum atomic E-state index is 15.2. The molecule has 0 amide bonds. The number of tetrazole rings is 1. The lowest BCUT2D eigenvalue weighted by Gasteiger charge is -2.11. The van der Waals surface area contributed by atoms with E-state index in [1.807, 2.05) is 0 Å². The Kier molecular flexibility index (Phi) is 6.91. The zero-order valence-electron chi connectivity index (χ0n) is 18.7. The average molecular weight is 516 g/mol. The summed E-state index contributed by atoms with van der Waals surface area (Å²) in [6, 6.07) is 3.27. The molecule has 4 aromatic rings. The molecule has 0 aliphatic carbocycles. The molecule has 0 saturated carbocycles. The molecule has 3 aromatic heterocycles. The van der Waals surface area contributed by atoms with Crippen molar-refractivity contribution in [1.82, 2.24) is 30.6 Å². The molecule has 3 heterocycles. The summed E-state index contributed by atoms with van der Waals surface area (Å²) in [5.41, 5.74) is -0.819. The summed E-state index contributed by atoms with van der Waals surface area (Å²) in [6.07, 6.45) is 5.44. The van der Waals surface area contributed by atoms with E-state index in [1.54, 1.807) is 6.92 Å². The zero-order valence-corrected chi connectivity index (χ0v) is 19.5. The Labute approximate surface area is 202 Å². The van der Waals surface area contributed by atoms with Crippen molar-refractivity contribution >= 4 is 50.9 Å². The van der Waals surface area contributed by atoms with Crippen molar-refractivity contribution in [3.05, 3.63) is 58.9 Å². The van der Waals surface area contributed by atoms with Crippen LogP contribution in [-0.4, -0.2) is 63.0 Å². The first kappa shape index (κ1) is 24.7. The maximum Gasteiger partial charge on any atom is 0.288 e. The number of carbonyl (C=O) groups excluding carboxylic acids is 1. The highest BCUT2D eigenvalue weighted by Gasteiger charge is 2.26. The molecule has 0 saturated heterocycles. The molecule has 0 fully saturated rings. The molecule has 0 aliphatic rings. The quantitative estimate of drug-likeness (QED) is 0.185. The number of carbonyl (C=O) groups is 1. The number of hydrogen-bond donors (Lipinski definition) is 4. The molecule has 186 valence electrons. The van der Waals surface area contributed by atoms with Crippen molar-refractivity contribution in [1.29, 1.82) is 5.41 Å². The number of halogens is 2. The molecule has 0 radical (unpaired) electrons. The van der Waals surface area contributed by atoms with Gasteiger partial charge in [-0.05, 0) is 35.4 Å². The van der Waals surface area contributed by atoms with E-state index in [0.29, 0.717) is 5.56 Å². The van der Waals surface area contributed by atoms with Crippen LogP contribution in [0.2, 0.25) is 0 Å². The van der Waals surface area contributed by atoms with Gasteiger partial charge >= 0.3 is 0 Å². The fourth-order valence-electron chi connectivity index (χ4n) is 3.43. The highest BCUT2D eigenvalue weighted by molar-refractivity contribution is 7.92. The standard InChI is InChI=1S/C21H19F2N9O3S/c1-2-5-36(34,35)30-16-4-3-15(22)17(18(16)23)19(33)14-10-26-20-13(14)6-11(8-25-20)12(7-24)9-27-21-28-31-32-29-21/h3-4,6-10,12,24,30H,2,5H2,1H3,(H,25,26)(H,28,29,31,32). The van der Waals surface area contributed by atoms with E-state index < -0.39 is 44.6 Å². The van der Waals surface area contributed by atoms with E-state index in [0.717, 1.165) is 18.3 Å². The molecule has 1 atom stereocenters. The Balaban J connectivity index is 1.72. The third-order valence-corrected chi connectivity index (χ3v) is 6.58. The minimum atomic E-state index is -3.88. The SMILES string of the molecule is CCCS(=O)(=O)Nc1ccc(F)c(C(=O)c2c[nH]c3ncc(C(C=N)C=Nc4nn[nH]n4)cc23)c1F. The van der Waals surface area contributed by atoms with Crippen LogP contribution >= 0.6 is 0 Å². The number of nitrogens with one attached hydrogen (secondary N) is 4. The van der Waals surface area contributed by atoms with Gasteiger partial charge in [0.2, 0.25) is 15.8 Å². The van der Waals surface area contributed by atoms with Gasteiger partial charge in [0.25, 0.3) is 5.95 Å². The van der Waals surface area contributed by atoms with Crippen LogP contribution < -0.4 is 4.72 Å². The zero-order chi connectivity index (χ0) is 25.9. The molecule has 15 heteroatoms. The number of fused-ring (bicyclic) bond motifs is 1.